The number of hydrogen-bond acceptors (Lipinski definition) is 5. The molecule has 0 spiro atoms. The van der Waals surface area contributed by atoms with Crippen LogP contribution in [0.4, 0.5) is 13.2 Å². The highest BCUT2D eigenvalue weighted by molar-refractivity contribution is 5.67. The number of aliphatic hydroxyl groups excluding tert-OH is 1. The third kappa shape index (κ3) is 5.35. The number of aliphatic hydroxyl groups is 1. The van der Waals surface area contributed by atoms with Crippen LogP contribution in [0.15, 0.2) is 46.0 Å². The molecule has 1 heterocycles. The molecule has 1 atom stereocenters. The summed E-state index contributed by atoms with van der Waals surface area (Å²) < 4.78 is 51.3. The molecule has 3 aromatic rings. The Morgan fingerprint density at radius 1 is 1.05 bits per heavy atom. The quantitative estimate of drug-likeness (QED) is 0.455. The number of halogens is 3. The van der Waals surface area contributed by atoms with Crippen LogP contribution < -0.4 is 21.3 Å². The molecule has 1 fully saturated rings. The number of methoxy groups -OCH3 is 1. The molecule has 0 amide bonds. The molecule has 2 aromatic carbocycles. The lowest BCUT2D eigenvalue weighted by atomic mass is 10.0. The van der Waals surface area contributed by atoms with Crippen molar-refractivity contribution in [2.45, 2.75) is 57.8 Å². The van der Waals surface area contributed by atoms with E-state index in [0.29, 0.717) is 0 Å². The molecule has 7 nitrogen and oxygen atoms in total. The summed E-state index contributed by atoms with van der Waals surface area (Å²) in [7, 11) is 1.29. The average Bonchev–Trinajstić information content (AvgIpc) is 3.39. The van der Waals surface area contributed by atoms with E-state index < -0.39 is 41.3 Å². The SMILES string of the molecule is COc1cccc(-c2c(C)n(Cc3c(F)cccc3F)c(=O)n(C[C@H](CO)NC3CCCC3)c2=O)c1F. The van der Waals surface area contributed by atoms with Crippen molar-refractivity contribution in [2.75, 3.05) is 13.7 Å². The number of rotatable bonds is 9. The predicted molar refractivity (Wildman–Crippen MR) is 133 cm³/mol. The fraction of sp³-hybridized carbons (Fsp3) is 0.407. The first-order chi connectivity index (χ1) is 17.8. The van der Waals surface area contributed by atoms with Crippen LogP contribution >= 0.6 is 0 Å². The molecule has 1 aliphatic carbocycles. The minimum absolute atomic E-state index is 0.0466. The fourth-order valence-electron chi connectivity index (χ4n) is 4.97. The molecule has 2 N–H and O–H groups in total. The Morgan fingerprint density at radius 3 is 2.32 bits per heavy atom. The molecule has 0 unspecified atom stereocenters. The minimum Gasteiger partial charge on any atom is -0.494 e. The molecule has 37 heavy (non-hydrogen) atoms. The lowest BCUT2D eigenvalue weighted by Gasteiger charge is -2.24. The summed E-state index contributed by atoms with van der Waals surface area (Å²) in [6, 6.07) is 7.15. The smallest absolute Gasteiger partial charge is 0.331 e. The van der Waals surface area contributed by atoms with Crippen molar-refractivity contribution in [1.29, 1.82) is 0 Å². The van der Waals surface area contributed by atoms with Crippen LogP contribution in [0.1, 0.15) is 36.9 Å². The van der Waals surface area contributed by atoms with Crippen LogP contribution in [0.25, 0.3) is 11.1 Å². The average molecular weight is 518 g/mol. The van der Waals surface area contributed by atoms with Gasteiger partial charge in [0.05, 0.1) is 25.8 Å². The van der Waals surface area contributed by atoms with Gasteiger partial charge in [-0.15, -0.1) is 0 Å². The van der Waals surface area contributed by atoms with E-state index in [1.54, 1.807) is 0 Å². The van der Waals surface area contributed by atoms with Gasteiger partial charge in [-0.1, -0.05) is 31.0 Å². The van der Waals surface area contributed by atoms with Gasteiger partial charge in [0.25, 0.3) is 5.56 Å². The van der Waals surface area contributed by atoms with Gasteiger partial charge < -0.3 is 15.2 Å². The summed E-state index contributed by atoms with van der Waals surface area (Å²) in [4.78, 5) is 27.2. The second kappa shape index (κ2) is 11.4. The minimum atomic E-state index is -0.853. The topological polar surface area (TPSA) is 85.5 Å². The summed E-state index contributed by atoms with van der Waals surface area (Å²) in [6.45, 7) is 0.368. The number of hydrogen-bond donors (Lipinski definition) is 2. The molecule has 198 valence electrons. The van der Waals surface area contributed by atoms with E-state index in [-0.39, 0.29) is 47.3 Å². The van der Waals surface area contributed by atoms with E-state index in [4.69, 9.17) is 4.74 Å². The van der Waals surface area contributed by atoms with Crippen LogP contribution in [0.3, 0.4) is 0 Å². The van der Waals surface area contributed by atoms with Crippen molar-refractivity contribution in [3.8, 4) is 16.9 Å². The predicted octanol–water partition coefficient (Wildman–Crippen LogP) is 3.35. The van der Waals surface area contributed by atoms with E-state index >= 15 is 4.39 Å². The largest absolute Gasteiger partial charge is 0.494 e. The van der Waals surface area contributed by atoms with Crippen molar-refractivity contribution < 1.29 is 23.0 Å². The normalized spacial score (nSPS) is 14.8. The summed E-state index contributed by atoms with van der Waals surface area (Å²) in [6.07, 6.45) is 3.91. The van der Waals surface area contributed by atoms with Crippen LogP contribution in [0.5, 0.6) is 5.75 Å². The van der Waals surface area contributed by atoms with Crippen molar-refractivity contribution >= 4 is 0 Å². The molecular formula is C27H30F3N3O4. The summed E-state index contributed by atoms with van der Waals surface area (Å²) in [5, 5.41) is 13.3. The van der Waals surface area contributed by atoms with Crippen LogP contribution in [-0.4, -0.2) is 40.0 Å². The zero-order valence-corrected chi connectivity index (χ0v) is 20.8. The monoisotopic (exact) mass is 517 g/mol. The van der Waals surface area contributed by atoms with Crippen molar-refractivity contribution in [3.05, 3.63) is 85.9 Å². The maximum Gasteiger partial charge on any atom is 0.331 e. The lowest BCUT2D eigenvalue weighted by molar-refractivity contribution is 0.214. The second-order valence-corrected chi connectivity index (χ2v) is 9.29. The number of nitrogens with one attached hydrogen (secondary N) is 1. The fourth-order valence-corrected chi connectivity index (χ4v) is 4.97. The molecule has 0 radical (unpaired) electrons. The Balaban J connectivity index is 1.90. The zero-order valence-electron chi connectivity index (χ0n) is 20.8. The van der Waals surface area contributed by atoms with Gasteiger partial charge in [0.15, 0.2) is 11.6 Å². The third-order valence-electron chi connectivity index (χ3n) is 6.97. The maximum absolute atomic E-state index is 15.3. The molecular weight excluding hydrogens is 487 g/mol. The van der Waals surface area contributed by atoms with Gasteiger partial charge in [0.1, 0.15) is 11.6 Å². The van der Waals surface area contributed by atoms with Crippen LogP contribution in [-0.2, 0) is 13.1 Å². The van der Waals surface area contributed by atoms with Gasteiger partial charge in [-0.2, -0.15) is 0 Å². The van der Waals surface area contributed by atoms with Crippen LogP contribution in [0, 0.1) is 24.4 Å². The van der Waals surface area contributed by atoms with Gasteiger partial charge in [-0.05, 0) is 38.0 Å². The van der Waals surface area contributed by atoms with E-state index in [1.165, 1.54) is 38.3 Å². The molecule has 0 bridgehead atoms. The zero-order chi connectivity index (χ0) is 26.7. The summed E-state index contributed by atoms with van der Waals surface area (Å²) >= 11 is 0. The van der Waals surface area contributed by atoms with E-state index in [1.807, 2.05) is 0 Å². The molecule has 4 rings (SSSR count). The van der Waals surface area contributed by atoms with Gasteiger partial charge in [0.2, 0.25) is 0 Å². The molecule has 1 aromatic heterocycles. The van der Waals surface area contributed by atoms with E-state index in [0.717, 1.165) is 47.0 Å². The van der Waals surface area contributed by atoms with Crippen LogP contribution in [0.2, 0.25) is 0 Å². The number of aromatic nitrogens is 2. The van der Waals surface area contributed by atoms with Crippen molar-refractivity contribution in [2.24, 2.45) is 0 Å². The van der Waals surface area contributed by atoms with Gasteiger partial charge >= 0.3 is 5.69 Å². The first kappa shape index (κ1) is 26.7. The number of nitrogens with zero attached hydrogens (tertiary/aromatic N) is 2. The second-order valence-electron chi connectivity index (χ2n) is 9.29. The highest BCUT2D eigenvalue weighted by Gasteiger charge is 2.26. The highest BCUT2D eigenvalue weighted by Crippen LogP contribution is 2.29. The molecule has 0 saturated heterocycles. The maximum atomic E-state index is 15.3. The molecule has 0 aliphatic heterocycles. The van der Waals surface area contributed by atoms with E-state index in [2.05, 4.69) is 5.32 Å². The number of ether oxygens (including phenoxy) is 1. The third-order valence-corrected chi connectivity index (χ3v) is 6.97. The Hall–Kier alpha value is -3.37. The lowest BCUT2D eigenvalue weighted by Crippen LogP contribution is -2.49. The van der Waals surface area contributed by atoms with Crippen molar-refractivity contribution in [1.82, 2.24) is 14.5 Å². The molecule has 1 aliphatic rings. The van der Waals surface area contributed by atoms with Gasteiger partial charge in [-0.3, -0.25) is 13.9 Å². The summed E-state index contributed by atoms with van der Waals surface area (Å²) in [5.74, 6) is -2.61. The Morgan fingerprint density at radius 2 is 1.70 bits per heavy atom. The standard InChI is InChI=1S/C27H30F3N3O4/c1-16-24(19-9-5-12-23(37-2)25(19)30)26(35)33(13-18(15-34)31-17-7-3-4-8-17)27(36)32(16)14-20-21(28)10-6-11-22(20)29/h5-6,9-12,17-18,31,34H,3-4,7-8,13-15H2,1-2H3/t18-/m1/s1. The Bertz CT molecular complexity index is 1380. The number of benzene rings is 2. The summed E-state index contributed by atoms with van der Waals surface area (Å²) in [5.41, 5.74) is -2.15. The highest BCUT2D eigenvalue weighted by atomic mass is 19.1. The van der Waals surface area contributed by atoms with Gasteiger partial charge in [-0.25, -0.2) is 18.0 Å². The van der Waals surface area contributed by atoms with Crippen molar-refractivity contribution in [3.63, 3.8) is 0 Å². The first-order valence-corrected chi connectivity index (χ1v) is 12.2. The Labute approximate surface area is 212 Å². The Kier molecular flexibility index (Phi) is 8.19. The van der Waals surface area contributed by atoms with E-state index in [9.17, 15) is 23.5 Å². The van der Waals surface area contributed by atoms with Gasteiger partial charge in [0, 0.05) is 35.4 Å². The first-order valence-electron chi connectivity index (χ1n) is 12.2. The molecule has 10 heteroatoms. The molecule has 1 saturated carbocycles.